The predicted octanol–water partition coefficient (Wildman–Crippen LogP) is 4.63. The largest absolute Gasteiger partial charge is 0.466 e. The number of carbonyl (C=O) groups is 1. The highest BCUT2D eigenvalue weighted by Gasteiger charge is 2.00. The highest BCUT2D eigenvalue weighted by molar-refractivity contribution is 6.31. The van der Waals surface area contributed by atoms with E-state index in [-0.39, 0.29) is 5.97 Å². The van der Waals surface area contributed by atoms with Crippen molar-refractivity contribution in [2.24, 2.45) is 0 Å². The van der Waals surface area contributed by atoms with Crippen molar-refractivity contribution in [3.63, 3.8) is 0 Å². The van der Waals surface area contributed by atoms with Gasteiger partial charge < -0.3 is 15.8 Å². The van der Waals surface area contributed by atoms with Crippen molar-refractivity contribution < 1.29 is 9.53 Å². The minimum Gasteiger partial charge on any atom is -0.466 e. The summed E-state index contributed by atoms with van der Waals surface area (Å²) >= 11 is 11.4. The Morgan fingerprint density at radius 1 is 1.13 bits per heavy atom. The van der Waals surface area contributed by atoms with Crippen LogP contribution >= 0.6 is 23.2 Å². The van der Waals surface area contributed by atoms with E-state index in [0.717, 1.165) is 5.69 Å². The number of nitrogen functional groups attached to an aromatic ring is 1. The Labute approximate surface area is 146 Å². The molecule has 0 bridgehead atoms. The molecule has 0 aliphatic rings. The summed E-state index contributed by atoms with van der Waals surface area (Å²) in [6, 6.07) is 14.5. The molecule has 0 aliphatic heterocycles. The molecule has 0 aliphatic carbocycles. The molecule has 2 aromatic carbocycles. The molecule has 0 saturated heterocycles. The van der Waals surface area contributed by atoms with Crippen molar-refractivity contribution in [3.05, 3.63) is 58.6 Å². The van der Waals surface area contributed by atoms with E-state index in [4.69, 9.17) is 33.7 Å². The predicted molar refractivity (Wildman–Crippen MR) is 97.1 cm³/mol. The fraction of sp³-hybridized carbons (Fsp3) is 0.235. The fourth-order valence-corrected chi connectivity index (χ4v) is 2.04. The Morgan fingerprint density at radius 2 is 1.78 bits per heavy atom. The van der Waals surface area contributed by atoms with Gasteiger partial charge in [-0.1, -0.05) is 35.3 Å². The first-order valence-corrected chi connectivity index (χ1v) is 7.93. The molecule has 3 N–H and O–H groups in total. The highest BCUT2D eigenvalue weighted by Crippen LogP contribution is 2.14. The number of ether oxygens (including phenoxy) is 1. The Balaban J connectivity index is 0.000000277. The average Bonchev–Trinajstić information content (AvgIpc) is 2.48. The third-order valence-corrected chi connectivity index (χ3v) is 3.11. The van der Waals surface area contributed by atoms with Crippen LogP contribution in [0.25, 0.3) is 0 Å². The van der Waals surface area contributed by atoms with Gasteiger partial charge in [0.05, 0.1) is 13.0 Å². The number of rotatable bonds is 5. The number of benzene rings is 2. The number of esters is 1. The van der Waals surface area contributed by atoms with Crippen LogP contribution in [-0.4, -0.2) is 19.1 Å². The maximum absolute atomic E-state index is 11.0. The van der Waals surface area contributed by atoms with Gasteiger partial charge in [-0.3, -0.25) is 4.79 Å². The van der Waals surface area contributed by atoms with Crippen molar-refractivity contribution >= 4 is 40.5 Å². The second-order valence-corrected chi connectivity index (χ2v) is 5.42. The standard InChI is InChI=1S/C11H14ClNO2.C6H6ClN/c1-2-15-11(14)6-7-13-10-5-3-4-9(12)8-10;7-5-2-1-3-6(8)4-5/h3-5,8,13H,2,6-7H2,1H3;1-4H,8H2. The zero-order valence-corrected chi connectivity index (χ0v) is 14.4. The zero-order valence-electron chi connectivity index (χ0n) is 12.9. The van der Waals surface area contributed by atoms with Crippen LogP contribution in [0.1, 0.15) is 13.3 Å². The Bertz CT molecular complexity index is 604. The number of halogens is 2. The number of nitrogens with two attached hydrogens (primary N) is 1. The van der Waals surface area contributed by atoms with Crippen molar-refractivity contribution in [3.8, 4) is 0 Å². The highest BCUT2D eigenvalue weighted by atomic mass is 35.5. The van der Waals surface area contributed by atoms with Crippen LogP contribution in [0.4, 0.5) is 11.4 Å². The van der Waals surface area contributed by atoms with Gasteiger partial charge in [0.25, 0.3) is 0 Å². The van der Waals surface area contributed by atoms with E-state index in [2.05, 4.69) is 5.32 Å². The fourth-order valence-electron chi connectivity index (χ4n) is 1.65. The lowest BCUT2D eigenvalue weighted by molar-refractivity contribution is -0.142. The van der Waals surface area contributed by atoms with Gasteiger partial charge in [-0.25, -0.2) is 0 Å². The number of anilines is 2. The van der Waals surface area contributed by atoms with Gasteiger partial charge in [-0.2, -0.15) is 0 Å². The first kappa shape index (κ1) is 19.1. The summed E-state index contributed by atoms with van der Waals surface area (Å²) in [5, 5.41) is 4.45. The van der Waals surface area contributed by atoms with Gasteiger partial charge >= 0.3 is 5.97 Å². The Hall–Kier alpha value is -1.91. The van der Waals surface area contributed by atoms with Gasteiger partial charge in [-0.15, -0.1) is 0 Å². The van der Waals surface area contributed by atoms with E-state index in [0.29, 0.717) is 35.3 Å². The molecule has 0 heterocycles. The van der Waals surface area contributed by atoms with Gasteiger partial charge in [0.15, 0.2) is 0 Å². The molecule has 0 atom stereocenters. The van der Waals surface area contributed by atoms with Gasteiger partial charge in [-0.05, 0) is 43.3 Å². The number of hydrogen-bond donors (Lipinski definition) is 2. The van der Waals surface area contributed by atoms with Crippen LogP contribution in [0.2, 0.25) is 10.0 Å². The summed E-state index contributed by atoms with van der Waals surface area (Å²) in [4.78, 5) is 11.0. The molecule has 0 saturated carbocycles. The molecule has 2 rings (SSSR count). The van der Waals surface area contributed by atoms with Crippen LogP contribution in [0.15, 0.2) is 48.5 Å². The summed E-state index contributed by atoms with van der Waals surface area (Å²) in [7, 11) is 0. The van der Waals surface area contributed by atoms with Gasteiger partial charge in [0.1, 0.15) is 0 Å². The lowest BCUT2D eigenvalue weighted by Gasteiger charge is -2.06. The monoisotopic (exact) mass is 354 g/mol. The first-order chi connectivity index (χ1) is 11.0. The van der Waals surface area contributed by atoms with Crippen molar-refractivity contribution in [2.75, 3.05) is 24.2 Å². The molecule has 6 heteroatoms. The molecule has 0 fully saturated rings. The summed E-state index contributed by atoms with van der Waals surface area (Å²) < 4.78 is 4.80. The molecule has 0 amide bonds. The molecular formula is C17H20Cl2N2O2. The number of hydrogen-bond acceptors (Lipinski definition) is 4. The molecule has 4 nitrogen and oxygen atoms in total. The van der Waals surface area contributed by atoms with Crippen LogP contribution in [0.3, 0.4) is 0 Å². The normalized spacial score (nSPS) is 9.52. The number of nitrogens with one attached hydrogen (secondary N) is 1. The van der Waals surface area contributed by atoms with E-state index < -0.39 is 0 Å². The van der Waals surface area contributed by atoms with Gasteiger partial charge in [0, 0.05) is 28.0 Å². The van der Waals surface area contributed by atoms with E-state index >= 15 is 0 Å². The van der Waals surface area contributed by atoms with Crippen molar-refractivity contribution in [1.82, 2.24) is 0 Å². The second kappa shape index (κ2) is 10.8. The zero-order chi connectivity index (χ0) is 17.1. The topological polar surface area (TPSA) is 64.3 Å². The molecule has 0 unspecified atom stereocenters. The van der Waals surface area contributed by atoms with Gasteiger partial charge in [0.2, 0.25) is 0 Å². The van der Waals surface area contributed by atoms with Crippen molar-refractivity contribution in [2.45, 2.75) is 13.3 Å². The summed E-state index contributed by atoms with van der Waals surface area (Å²) in [5.41, 5.74) is 6.99. The molecule has 124 valence electrons. The lowest BCUT2D eigenvalue weighted by atomic mass is 10.3. The number of carbonyl (C=O) groups excluding carboxylic acids is 1. The lowest BCUT2D eigenvalue weighted by Crippen LogP contribution is -2.11. The quantitative estimate of drug-likeness (QED) is 0.606. The second-order valence-electron chi connectivity index (χ2n) is 4.55. The Kier molecular flexibility index (Phi) is 8.95. The van der Waals surface area contributed by atoms with E-state index in [1.807, 2.05) is 24.3 Å². The molecule has 0 radical (unpaired) electrons. The summed E-state index contributed by atoms with van der Waals surface area (Å²) in [5.74, 6) is -0.188. The van der Waals surface area contributed by atoms with Crippen LogP contribution < -0.4 is 11.1 Å². The minimum atomic E-state index is -0.188. The molecule has 2 aromatic rings. The van der Waals surface area contributed by atoms with Crippen molar-refractivity contribution in [1.29, 1.82) is 0 Å². The van der Waals surface area contributed by atoms with Crippen LogP contribution in [0.5, 0.6) is 0 Å². The SMILES string of the molecule is CCOC(=O)CCNc1cccc(Cl)c1.Nc1cccc(Cl)c1. The smallest absolute Gasteiger partial charge is 0.307 e. The molecule has 23 heavy (non-hydrogen) atoms. The minimum absolute atomic E-state index is 0.188. The maximum atomic E-state index is 11.0. The van der Waals surface area contributed by atoms with Crippen LogP contribution in [0, 0.1) is 0 Å². The average molecular weight is 355 g/mol. The van der Waals surface area contributed by atoms with E-state index in [9.17, 15) is 4.79 Å². The van der Waals surface area contributed by atoms with Crippen LogP contribution in [-0.2, 0) is 9.53 Å². The van der Waals surface area contributed by atoms with E-state index in [1.165, 1.54) is 0 Å². The molecular weight excluding hydrogens is 335 g/mol. The Morgan fingerprint density at radius 3 is 2.30 bits per heavy atom. The molecule has 0 aromatic heterocycles. The first-order valence-electron chi connectivity index (χ1n) is 7.17. The summed E-state index contributed by atoms with van der Waals surface area (Å²) in [6.07, 6.45) is 0.361. The third-order valence-electron chi connectivity index (χ3n) is 2.64. The van der Waals surface area contributed by atoms with E-state index in [1.54, 1.807) is 31.2 Å². The summed E-state index contributed by atoms with van der Waals surface area (Å²) in [6.45, 7) is 2.78. The maximum Gasteiger partial charge on any atom is 0.307 e. The third kappa shape index (κ3) is 8.96. The molecule has 0 spiro atoms.